The fourth-order valence-corrected chi connectivity index (χ4v) is 3.15. The highest BCUT2D eigenvalue weighted by molar-refractivity contribution is 7.12. The van der Waals surface area contributed by atoms with Crippen LogP contribution >= 0.6 is 11.3 Å². The zero-order valence-electron chi connectivity index (χ0n) is 11.6. The van der Waals surface area contributed by atoms with E-state index in [1.54, 1.807) is 4.90 Å². The summed E-state index contributed by atoms with van der Waals surface area (Å²) in [5.41, 5.74) is 0.695. The van der Waals surface area contributed by atoms with Crippen LogP contribution in [0.15, 0.2) is 11.4 Å². The van der Waals surface area contributed by atoms with Crippen LogP contribution < -0.4 is 0 Å². The summed E-state index contributed by atoms with van der Waals surface area (Å²) in [6.45, 7) is 2.08. The van der Waals surface area contributed by atoms with Crippen LogP contribution in [0.3, 0.4) is 0 Å². The molecular formula is C15H19NO3S. The Kier molecular flexibility index (Phi) is 5.60. The zero-order valence-corrected chi connectivity index (χ0v) is 12.4. The SMILES string of the molecule is CN(CC1CCCOC1)C(=O)c1sccc1C#CCO. The van der Waals surface area contributed by atoms with E-state index in [0.29, 0.717) is 22.9 Å². The molecule has 1 aliphatic rings. The molecule has 0 spiro atoms. The van der Waals surface area contributed by atoms with Crippen molar-refractivity contribution in [3.05, 3.63) is 21.9 Å². The van der Waals surface area contributed by atoms with Gasteiger partial charge in [-0.1, -0.05) is 11.8 Å². The van der Waals surface area contributed by atoms with Crippen LogP contribution in [0, 0.1) is 17.8 Å². The van der Waals surface area contributed by atoms with Gasteiger partial charge < -0.3 is 14.7 Å². The van der Waals surface area contributed by atoms with E-state index in [0.717, 1.165) is 26.1 Å². The highest BCUT2D eigenvalue weighted by Crippen LogP contribution is 2.20. The number of hydrogen-bond donors (Lipinski definition) is 1. The second kappa shape index (κ2) is 7.44. The summed E-state index contributed by atoms with van der Waals surface area (Å²) in [6.07, 6.45) is 2.18. The molecule has 4 nitrogen and oxygen atoms in total. The molecular weight excluding hydrogens is 274 g/mol. The lowest BCUT2D eigenvalue weighted by Gasteiger charge is -2.27. The van der Waals surface area contributed by atoms with Crippen molar-refractivity contribution >= 4 is 17.2 Å². The van der Waals surface area contributed by atoms with E-state index in [4.69, 9.17) is 9.84 Å². The number of rotatable bonds is 3. The highest BCUT2D eigenvalue weighted by Gasteiger charge is 2.21. The molecule has 2 heterocycles. The molecule has 0 saturated carbocycles. The van der Waals surface area contributed by atoms with Gasteiger partial charge in [-0.3, -0.25) is 4.79 Å². The summed E-state index contributed by atoms with van der Waals surface area (Å²) in [5.74, 6) is 5.82. The quantitative estimate of drug-likeness (QED) is 0.861. The second-order valence-corrected chi connectivity index (χ2v) is 5.81. The molecule has 1 aromatic rings. The standard InChI is InChI=1S/C15H19NO3S/c1-16(10-12-4-3-8-19-11-12)15(18)14-13(5-2-7-17)6-9-20-14/h6,9,12,17H,3-4,7-8,10-11H2,1H3. The Morgan fingerprint density at radius 1 is 1.65 bits per heavy atom. The Balaban J connectivity index is 2.01. The first kappa shape index (κ1) is 15.0. The van der Waals surface area contributed by atoms with Crippen molar-refractivity contribution in [1.82, 2.24) is 4.90 Å². The summed E-state index contributed by atoms with van der Waals surface area (Å²) < 4.78 is 5.44. The Morgan fingerprint density at radius 2 is 2.50 bits per heavy atom. The molecule has 1 saturated heterocycles. The Bertz CT molecular complexity index is 509. The van der Waals surface area contributed by atoms with Crippen LogP contribution in [0.5, 0.6) is 0 Å². The number of ether oxygens (including phenoxy) is 1. The number of carbonyl (C=O) groups excluding carboxylic acids is 1. The average Bonchev–Trinajstić information content (AvgIpc) is 2.93. The molecule has 1 aliphatic heterocycles. The van der Waals surface area contributed by atoms with Gasteiger partial charge in [0.25, 0.3) is 5.91 Å². The number of nitrogens with zero attached hydrogens (tertiary/aromatic N) is 1. The van der Waals surface area contributed by atoms with Gasteiger partial charge in [-0.25, -0.2) is 0 Å². The maximum atomic E-state index is 12.4. The molecule has 2 rings (SSSR count). The molecule has 0 aromatic carbocycles. The van der Waals surface area contributed by atoms with E-state index in [1.165, 1.54) is 11.3 Å². The van der Waals surface area contributed by atoms with Gasteiger partial charge in [-0.05, 0) is 30.2 Å². The summed E-state index contributed by atoms with van der Waals surface area (Å²) >= 11 is 1.39. The molecule has 1 amide bonds. The third-order valence-corrected chi connectivity index (χ3v) is 4.20. The number of aliphatic hydroxyl groups is 1. The van der Waals surface area contributed by atoms with Crippen molar-refractivity contribution in [1.29, 1.82) is 0 Å². The molecule has 1 unspecified atom stereocenters. The summed E-state index contributed by atoms with van der Waals surface area (Å²) in [7, 11) is 1.82. The third-order valence-electron chi connectivity index (χ3n) is 3.29. The number of carbonyl (C=O) groups is 1. The van der Waals surface area contributed by atoms with Crippen molar-refractivity contribution < 1.29 is 14.6 Å². The van der Waals surface area contributed by atoms with Crippen molar-refractivity contribution in [2.45, 2.75) is 12.8 Å². The number of aliphatic hydroxyl groups excluding tert-OH is 1. The van der Waals surface area contributed by atoms with Gasteiger partial charge in [0.1, 0.15) is 11.5 Å². The molecule has 5 heteroatoms. The van der Waals surface area contributed by atoms with E-state index in [-0.39, 0.29) is 12.5 Å². The van der Waals surface area contributed by atoms with Crippen LogP contribution in [0.4, 0.5) is 0 Å². The minimum Gasteiger partial charge on any atom is -0.384 e. The molecule has 1 atom stereocenters. The second-order valence-electron chi connectivity index (χ2n) is 4.89. The fraction of sp³-hybridized carbons (Fsp3) is 0.533. The van der Waals surface area contributed by atoms with Crippen molar-refractivity contribution in [3.8, 4) is 11.8 Å². The van der Waals surface area contributed by atoms with Gasteiger partial charge in [0.2, 0.25) is 0 Å². The summed E-state index contributed by atoms with van der Waals surface area (Å²) in [5, 5.41) is 10.6. The summed E-state index contributed by atoms with van der Waals surface area (Å²) in [4.78, 5) is 14.8. The first-order chi connectivity index (χ1) is 9.72. The van der Waals surface area contributed by atoms with Gasteiger partial charge in [0.05, 0.1) is 6.61 Å². The van der Waals surface area contributed by atoms with Crippen LogP contribution in [-0.4, -0.2) is 49.3 Å². The van der Waals surface area contributed by atoms with E-state index in [2.05, 4.69) is 11.8 Å². The van der Waals surface area contributed by atoms with Crippen LogP contribution in [0.1, 0.15) is 28.1 Å². The molecule has 1 aromatic heterocycles. The van der Waals surface area contributed by atoms with E-state index in [1.807, 2.05) is 18.5 Å². The van der Waals surface area contributed by atoms with Crippen molar-refractivity contribution in [3.63, 3.8) is 0 Å². The minimum atomic E-state index is -0.196. The van der Waals surface area contributed by atoms with Crippen molar-refractivity contribution in [2.24, 2.45) is 5.92 Å². The largest absolute Gasteiger partial charge is 0.384 e. The number of hydrogen-bond acceptors (Lipinski definition) is 4. The van der Waals surface area contributed by atoms with Crippen LogP contribution in [-0.2, 0) is 4.74 Å². The predicted octanol–water partition coefficient (Wildman–Crippen LogP) is 1.59. The first-order valence-corrected chi connectivity index (χ1v) is 7.60. The summed E-state index contributed by atoms with van der Waals surface area (Å²) in [6, 6.07) is 1.82. The Morgan fingerprint density at radius 3 is 3.20 bits per heavy atom. The van der Waals surface area contributed by atoms with E-state index >= 15 is 0 Å². The molecule has 0 radical (unpaired) electrons. The Hall–Kier alpha value is -1.35. The topological polar surface area (TPSA) is 49.8 Å². The van der Waals surface area contributed by atoms with Gasteiger partial charge in [0, 0.05) is 25.8 Å². The maximum absolute atomic E-state index is 12.4. The van der Waals surface area contributed by atoms with Crippen LogP contribution in [0.25, 0.3) is 0 Å². The average molecular weight is 293 g/mol. The lowest BCUT2D eigenvalue weighted by molar-refractivity contribution is 0.0390. The molecule has 1 N–H and O–H groups in total. The smallest absolute Gasteiger partial charge is 0.264 e. The molecule has 1 fully saturated rings. The molecule has 0 bridgehead atoms. The predicted molar refractivity (Wildman–Crippen MR) is 78.8 cm³/mol. The lowest BCUT2D eigenvalue weighted by Crippen LogP contribution is -2.35. The lowest BCUT2D eigenvalue weighted by atomic mass is 10.0. The maximum Gasteiger partial charge on any atom is 0.264 e. The highest BCUT2D eigenvalue weighted by atomic mass is 32.1. The number of thiophene rings is 1. The Labute approximate surface area is 123 Å². The fourth-order valence-electron chi connectivity index (χ4n) is 2.30. The number of amides is 1. The normalized spacial score (nSPS) is 18.2. The van der Waals surface area contributed by atoms with Gasteiger partial charge in [-0.15, -0.1) is 11.3 Å². The first-order valence-electron chi connectivity index (χ1n) is 6.72. The van der Waals surface area contributed by atoms with Gasteiger partial charge in [-0.2, -0.15) is 0 Å². The van der Waals surface area contributed by atoms with E-state index < -0.39 is 0 Å². The van der Waals surface area contributed by atoms with Gasteiger partial charge >= 0.3 is 0 Å². The zero-order chi connectivity index (χ0) is 14.4. The monoisotopic (exact) mass is 293 g/mol. The van der Waals surface area contributed by atoms with Crippen LogP contribution in [0.2, 0.25) is 0 Å². The molecule has 20 heavy (non-hydrogen) atoms. The van der Waals surface area contributed by atoms with Crippen molar-refractivity contribution in [2.75, 3.05) is 33.4 Å². The minimum absolute atomic E-state index is 0.00665. The van der Waals surface area contributed by atoms with E-state index in [9.17, 15) is 4.79 Å². The third kappa shape index (κ3) is 3.83. The van der Waals surface area contributed by atoms with Gasteiger partial charge in [0.15, 0.2) is 0 Å². The molecule has 0 aliphatic carbocycles. The molecule has 108 valence electrons.